The number of imidazole rings is 1. The molecule has 1 aromatic carbocycles. The van der Waals surface area contributed by atoms with Crippen LogP contribution < -0.4 is 5.73 Å². The summed E-state index contributed by atoms with van der Waals surface area (Å²) in [5.41, 5.74) is 7.54. The number of hydrogen-bond donors (Lipinski definition) is 1. The van der Waals surface area contributed by atoms with Crippen molar-refractivity contribution in [3.05, 3.63) is 41.9 Å². The van der Waals surface area contributed by atoms with Crippen molar-refractivity contribution in [2.24, 2.45) is 0 Å². The highest BCUT2D eigenvalue weighted by molar-refractivity contribution is 5.92. The number of para-hydroxylation sites is 1. The van der Waals surface area contributed by atoms with Gasteiger partial charge in [0.15, 0.2) is 5.69 Å². The predicted molar refractivity (Wildman–Crippen MR) is 77.9 cm³/mol. The molecule has 0 saturated carbocycles. The van der Waals surface area contributed by atoms with Crippen molar-refractivity contribution >= 4 is 11.8 Å². The zero-order valence-corrected chi connectivity index (χ0v) is 12.2. The Hall–Kier alpha value is -2.30. The number of nitrogens with zero attached hydrogens (tertiary/aromatic N) is 2. The van der Waals surface area contributed by atoms with E-state index < -0.39 is 11.6 Å². The second-order valence-corrected chi connectivity index (χ2v) is 5.64. The topological polar surface area (TPSA) is 70.1 Å². The minimum atomic E-state index is -0.573. The maximum absolute atomic E-state index is 12.0. The fraction of sp³-hybridized carbons (Fsp3) is 0.333. The molecule has 106 valence electrons. The first-order valence-electron chi connectivity index (χ1n) is 6.42. The normalized spacial score (nSPS) is 11.4. The number of ether oxygens (including phenoxy) is 1. The first-order chi connectivity index (χ1) is 9.29. The summed E-state index contributed by atoms with van der Waals surface area (Å²) in [6.45, 7) is 7.39. The third-order valence-corrected chi connectivity index (χ3v) is 2.77. The first-order valence-corrected chi connectivity index (χ1v) is 6.42. The van der Waals surface area contributed by atoms with Crippen LogP contribution in [0.25, 0.3) is 5.69 Å². The summed E-state index contributed by atoms with van der Waals surface area (Å²) < 4.78 is 6.98. The molecule has 0 fully saturated rings. The molecule has 0 aliphatic rings. The van der Waals surface area contributed by atoms with E-state index in [1.54, 1.807) is 25.3 Å². The monoisotopic (exact) mass is 273 g/mol. The smallest absolute Gasteiger partial charge is 0.361 e. The molecule has 0 bridgehead atoms. The molecule has 2 N–H and O–H groups in total. The van der Waals surface area contributed by atoms with Gasteiger partial charge in [0.05, 0.1) is 5.69 Å². The maximum atomic E-state index is 12.0. The summed E-state index contributed by atoms with van der Waals surface area (Å²) >= 11 is 0. The van der Waals surface area contributed by atoms with Crippen LogP contribution >= 0.6 is 0 Å². The summed E-state index contributed by atoms with van der Waals surface area (Å²) in [6.07, 6.45) is 1.54. The van der Waals surface area contributed by atoms with Gasteiger partial charge in [0.2, 0.25) is 0 Å². The molecule has 0 aliphatic carbocycles. The Bertz CT molecular complexity index is 639. The van der Waals surface area contributed by atoms with E-state index in [1.165, 1.54) is 6.33 Å². The van der Waals surface area contributed by atoms with Crippen molar-refractivity contribution in [1.29, 1.82) is 0 Å². The van der Waals surface area contributed by atoms with Crippen LogP contribution in [0.3, 0.4) is 0 Å². The van der Waals surface area contributed by atoms with Crippen LogP contribution in [0.1, 0.15) is 36.8 Å². The first kappa shape index (κ1) is 14.1. The average molecular weight is 273 g/mol. The minimum Gasteiger partial charge on any atom is -0.455 e. The number of nitrogen functional groups attached to an aromatic ring is 1. The molecular formula is C15H19N3O2. The lowest BCUT2D eigenvalue weighted by Crippen LogP contribution is -2.24. The van der Waals surface area contributed by atoms with E-state index in [0.29, 0.717) is 0 Å². The number of carbonyl (C=O) groups excluding carboxylic acids is 1. The average Bonchev–Trinajstić information content (AvgIpc) is 2.69. The van der Waals surface area contributed by atoms with Gasteiger partial charge in [0.25, 0.3) is 0 Å². The van der Waals surface area contributed by atoms with E-state index in [2.05, 4.69) is 4.98 Å². The molecule has 0 unspecified atom stereocenters. The number of aromatic nitrogens is 2. The van der Waals surface area contributed by atoms with Gasteiger partial charge in [-0.05, 0) is 39.3 Å². The minimum absolute atomic E-state index is 0.142. The number of nitrogens with two attached hydrogens (primary N) is 1. The Kier molecular flexibility index (Phi) is 3.53. The molecule has 0 amide bonds. The molecule has 1 aromatic heterocycles. The van der Waals surface area contributed by atoms with Crippen LogP contribution in [0.5, 0.6) is 0 Å². The quantitative estimate of drug-likeness (QED) is 0.854. The van der Waals surface area contributed by atoms with E-state index >= 15 is 0 Å². The van der Waals surface area contributed by atoms with Crippen LogP contribution in [-0.4, -0.2) is 21.1 Å². The number of rotatable bonds is 2. The summed E-state index contributed by atoms with van der Waals surface area (Å²) in [5.74, 6) is -0.226. The van der Waals surface area contributed by atoms with Gasteiger partial charge < -0.3 is 10.5 Å². The largest absolute Gasteiger partial charge is 0.455 e. The Balaban J connectivity index is 2.38. The lowest BCUT2D eigenvalue weighted by Gasteiger charge is -2.18. The highest BCUT2D eigenvalue weighted by Gasteiger charge is 2.23. The predicted octanol–water partition coefficient (Wildman–Crippen LogP) is 2.72. The van der Waals surface area contributed by atoms with Crippen molar-refractivity contribution in [2.45, 2.75) is 33.3 Å². The SMILES string of the molecule is Cc1ccccc1-n1cnc(C(=O)OC(C)(C)C)c1N. The molecule has 1 heterocycles. The van der Waals surface area contributed by atoms with E-state index in [-0.39, 0.29) is 11.5 Å². The zero-order valence-electron chi connectivity index (χ0n) is 12.2. The highest BCUT2D eigenvalue weighted by Crippen LogP contribution is 2.21. The molecule has 5 heteroatoms. The molecular weight excluding hydrogens is 254 g/mol. The van der Waals surface area contributed by atoms with Crippen molar-refractivity contribution in [1.82, 2.24) is 9.55 Å². The van der Waals surface area contributed by atoms with Crippen LogP contribution in [-0.2, 0) is 4.74 Å². The van der Waals surface area contributed by atoms with Crippen LogP contribution in [0.15, 0.2) is 30.6 Å². The van der Waals surface area contributed by atoms with E-state index in [0.717, 1.165) is 11.3 Å². The number of aryl methyl sites for hydroxylation is 1. The van der Waals surface area contributed by atoms with Crippen molar-refractivity contribution in [3.8, 4) is 5.69 Å². The standard InChI is InChI=1S/C15H19N3O2/c1-10-7-5-6-8-11(10)18-9-17-12(13(18)16)14(19)20-15(2,3)4/h5-9H,16H2,1-4H3. The fourth-order valence-electron chi connectivity index (χ4n) is 1.87. The number of esters is 1. The lowest BCUT2D eigenvalue weighted by atomic mass is 10.2. The molecule has 0 atom stereocenters. The van der Waals surface area contributed by atoms with Gasteiger partial charge in [-0.25, -0.2) is 9.78 Å². The number of hydrogen-bond acceptors (Lipinski definition) is 4. The third-order valence-electron chi connectivity index (χ3n) is 2.77. The molecule has 0 saturated heterocycles. The highest BCUT2D eigenvalue weighted by atomic mass is 16.6. The molecule has 5 nitrogen and oxygen atoms in total. The van der Waals surface area contributed by atoms with Crippen molar-refractivity contribution < 1.29 is 9.53 Å². The van der Waals surface area contributed by atoms with Gasteiger partial charge in [-0.2, -0.15) is 0 Å². The summed E-state index contributed by atoms with van der Waals surface area (Å²) in [7, 11) is 0. The molecule has 2 aromatic rings. The van der Waals surface area contributed by atoms with Gasteiger partial charge in [0, 0.05) is 0 Å². The molecule has 0 radical (unpaired) electrons. The van der Waals surface area contributed by atoms with Gasteiger partial charge >= 0.3 is 5.97 Å². The second-order valence-electron chi connectivity index (χ2n) is 5.64. The van der Waals surface area contributed by atoms with Gasteiger partial charge in [-0.3, -0.25) is 4.57 Å². The Morgan fingerprint density at radius 1 is 1.30 bits per heavy atom. The van der Waals surface area contributed by atoms with Crippen LogP contribution in [0.4, 0.5) is 5.82 Å². The van der Waals surface area contributed by atoms with E-state index in [4.69, 9.17) is 10.5 Å². The Morgan fingerprint density at radius 2 is 1.95 bits per heavy atom. The van der Waals surface area contributed by atoms with E-state index in [1.807, 2.05) is 31.2 Å². The Labute approximate surface area is 118 Å². The van der Waals surface area contributed by atoms with Gasteiger partial charge in [-0.15, -0.1) is 0 Å². The fourth-order valence-corrected chi connectivity index (χ4v) is 1.87. The van der Waals surface area contributed by atoms with Crippen LogP contribution in [0, 0.1) is 6.92 Å². The van der Waals surface area contributed by atoms with E-state index in [9.17, 15) is 4.79 Å². The third kappa shape index (κ3) is 2.82. The molecule has 2 rings (SSSR count). The zero-order chi connectivity index (χ0) is 14.9. The summed E-state index contributed by atoms with van der Waals surface area (Å²) in [6, 6.07) is 7.75. The number of anilines is 1. The van der Waals surface area contributed by atoms with Crippen molar-refractivity contribution in [2.75, 3.05) is 5.73 Å². The maximum Gasteiger partial charge on any atom is 0.361 e. The van der Waals surface area contributed by atoms with Gasteiger partial charge in [0.1, 0.15) is 17.7 Å². The van der Waals surface area contributed by atoms with Gasteiger partial charge in [-0.1, -0.05) is 18.2 Å². The Morgan fingerprint density at radius 3 is 2.55 bits per heavy atom. The molecule has 0 aliphatic heterocycles. The number of benzene rings is 1. The number of carbonyl (C=O) groups is 1. The lowest BCUT2D eigenvalue weighted by molar-refractivity contribution is 0.00648. The summed E-state index contributed by atoms with van der Waals surface area (Å²) in [5, 5.41) is 0. The summed E-state index contributed by atoms with van der Waals surface area (Å²) in [4.78, 5) is 16.1. The molecule has 0 spiro atoms. The van der Waals surface area contributed by atoms with Crippen LogP contribution in [0.2, 0.25) is 0 Å². The van der Waals surface area contributed by atoms with Crippen molar-refractivity contribution in [3.63, 3.8) is 0 Å². The second kappa shape index (κ2) is 5.00. The molecule has 20 heavy (non-hydrogen) atoms.